The van der Waals surface area contributed by atoms with Crippen molar-refractivity contribution in [2.24, 2.45) is 5.92 Å². The van der Waals surface area contributed by atoms with Gasteiger partial charge in [-0.05, 0) is 49.3 Å². The van der Waals surface area contributed by atoms with Gasteiger partial charge in [-0.25, -0.2) is 0 Å². The van der Waals surface area contributed by atoms with Gasteiger partial charge in [0.1, 0.15) is 0 Å². The van der Waals surface area contributed by atoms with Crippen molar-refractivity contribution in [3.63, 3.8) is 0 Å². The minimum atomic E-state index is -0.431. The van der Waals surface area contributed by atoms with Crippen LogP contribution in [0.4, 0.5) is 0 Å². The molecule has 0 unspecified atom stereocenters. The van der Waals surface area contributed by atoms with Crippen molar-refractivity contribution < 1.29 is 0 Å². The van der Waals surface area contributed by atoms with Gasteiger partial charge >= 0.3 is 0 Å². The monoisotopic (exact) mass is 294 g/mol. The van der Waals surface area contributed by atoms with Crippen LogP contribution in [0, 0.1) is 17.2 Å². The fourth-order valence-corrected chi connectivity index (χ4v) is 3.24. The van der Waals surface area contributed by atoms with Crippen LogP contribution in [-0.2, 0) is 5.41 Å². The zero-order valence-corrected chi connectivity index (χ0v) is 14.1. The second-order valence-electron chi connectivity index (χ2n) is 6.47. The Kier molecular flexibility index (Phi) is 5.21. The lowest BCUT2D eigenvalue weighted by molar-refractivity contribution is 0.286. The Morgan fingerprint density at radius 1 is 1.14 bits per heavy atom. The van der Waals surface area contributed by atoms with Crippen LogP contribution in [0.2, 0.25) is 0 Å². The molecule has 0 fully saturated rings. The number of hydrogen-bond acceptors (Lipinski definition) is 2. The summed E-state index contributed by atoms with van der Waals surface area (Å²) in [6, 6.07) is 17.5. The molecule has 2 rings (SSSR count). The molecule has 0 heterocycles. The lowest BCUT2D eigenvalue weighted by Crippen LogP contribution is -2.35. The van der Waals surface area contributed by atoms with E-state index < -0.39 is 5.41 Å². The van der Waals surface area contributed by atoms with Crippen molar-refractivity contribution in [1.82, 2.24) is 4.90 Å². The molecule has 2 aromatic rings. The van der Waals surface area contributed by atoms with Crippen molar-refractivity contribution >= 4 is 10.8 Å². The van der Waals surface area contributed by atoms with E-state index in [-0.39, 0.29) is 0 Å². The SMILES string of the molecule is CC[C@@H](C)[C@](C#N)(CCN(C)C)c1cccc2ccccc12. The van der Waals surface area contributed by atoms with Crippen LogP contribution in [0.15, 0.2) is 42.5 Å². The second kappa shape index (κ2) is 6.94. The van der Waals surface area contributed by atoms with Gasteiger partial charge in [0.15, 0.2) is 0 Å². The average molecular weight is 294 g/mol. The first-order chi connectivity index (χ1) is 10.5. The van der Waals surface area contributed by atoms with Crippen LogP contribution in [0.5, 0.6) is 0 Å². The Hall–Kier alpha value is -1.85. The third-order valence-electron chi connectivity index (χ3n) is 4.88. The lowest BCUT2D eigenvalue weighted by Gasteiger charge is -2.35. The van der Waals surface area contributed by atoms with E-state index in [4.69, 9.17) is 0 Å². The zero-order valence-electron chi connectivity index (χ0n) is 14.1. The first-order valence-electron chi connectivity index (χ1n) is 8.09. The van der Waals surface area contributed by atoms with Gasteiger partial charge in [-0.3, -0.25) is 0 Å². The topological polar surface area (TPSA) is 27.0 Å². The van der Waals surface area contributed by atoms with E-state index >= 15 is 0 Å². The molecule has 0 aliphatic carbocycles. The fraction of sp³-hybridized carbons (Fsp3) is 0.450. The van der Waals surface area contributed by atoms with Gasteiger partial charge < -0.3 is 4.90 Å². The molecule has 2 nitrogen and oxygen atoms in total. The molecule has 0 saturated heterocycles. The molecule has 0 amide bonds. The summed E-state index contributed by atoms with van der Waals surface area (Å²) in [7, 11) is 4.14. The molecule has 22 heavy (non-hydrogen) atoms. The Morgan fingerprint density at radius 2 is 1.82 bits per heavy atom. The number of fused-ring (bicyclic) bond motifs is 1. The van der Waals surface area contributed by atoms with Crippen LogP contribution in [-0.4, -0.2) is 25.5 Å². The quantitative estimate of drug-likeness (QED) is 0.778. The maximum Gasteiger partial charge on any atom is 0.0865 e. The molecule has 2 atom stereocenters. The van der Waals surface area contributed by atoms with Crippen LogP contribution in [0.25, 0.3) is 10.8 Å². The maximum atomic E-state index is 10.1. The Labute approximate surface area is 134 Å². The maximum absolute atomic E-state index is 10.1. The van der Waals surface area contributed by atoms with Crippen LogP contribution < -0.4 is 0 Å². The summed E-state index contributed by atoms with van der Waals surface area (Å²) < 4.78 is 0. The zero-order chi connectivity index (χ0) is 16.2. The summed E-state index contributed by atoms with van der Waals surface area (Å²) in [5, 5.41) is 12.6. The van der Waals surface area contributed by atoms with E-state index in [0.29, 0.717) is 5.92 Å². The van der Waals surface area contributed by atoms with Gasteiger partial charge in [-0.2, -0.15) is 5.26 Å². The molecular formula is C20H26N2. The first kappa shape index (κ1) is 16.5. The van der Waals surface area contributed by atoms with E-state index in [1.807, 2.05) is 0 Å². The van der Waals surface area contributed by atoms with E-state index in [9.17, 15) is 5.26 Å². The van der Waals surface area contributed by atoms with Crippen molar-refractivity contribution in [3.8, 4) is 6.07 Å². The third kappa shape index (κ3) is 3.00. The van der Waals surface area contributed by atoms with Crippen LogP contribution >= 0.6 is 0 Å². The van der Waals surface area contributed by atoms with Gasteiger partial charge in [0.05, 0.1) is 11.5 Å². The molecule has 0 aliphatic heterocycles. The summed E-state index contributed by atoms with van der Waals surface area (Å²) in [6.45, 7) is 5.30. The highest BCUT2D eigenvalue weighted by Crippen LogP contribution is 2.40. The lowest BCUT2D eigenvalue weighted by atomic mass is 9.67. The number of nitriles is 1. The molecule has 0 radical (unpaired) electrons. The fourth-order valence-electron chi connectivity index (χ4n) is 3.24. The molecule has 116 valence electrons. The average Bonchev–Trinajstić information content (AvgIpc) is 2.55. The highest BCUT2D eigenvalue weighted by Gasteiger charge is 2.38. The largest absolute Gasteiger partial charge is 0.309 e. The highest BCUT2D eigenvalue weighted by molar-refractivity contribution is 5.87. The summed E-state index contributed by atoms with van der Waals surface area (Å²) in [6.07, 6.45) is 1.86. The Morgan fingerprint density at radius 3 is 2.45 bits per heavy atom. The Bertz CT molecular complexity index is 663. The minimum Gasteiger partial charge on any atom is -0.309 e. The molecule has 0 aromatic heterocycles. The van der Waals surface area contributed by atoms with Crippen LogP contribution in [0.1, 0.15) is 32.3 Å². The second-order valence-corrected chi connectivity index (χ2v) is 6.47. The highest BCUT2D eigenvalue weighted by atomic mass is 15.0. The van der Waals surface area contributed by atoms with Gasteiger partial charge in [-0.15, -0.1) is 0 Å². The van der Waals surface area contributed by atoms with E-state index in [1.54, 1.807) is 0 Å². The van der Waals surface area contributed by atoms with Crippen LogP contribution in [0.3, 0.4) is 0 Å². The summed E-state index contributed by atoms with van der Waals surface area (Å²) in [4.78, 5) is 2.17. The smallest absolute Gasteiger partial charge is 0.0865 e. The van der Waals surface area contributed by atoms with Crippen molar-refractivity contribution in [3.05, 3.63) is 48.0 Å². The van der Waals surface area contributed by atoms with Gasteiger partial charge in [0.2, 0.25) is 0 Å². The molecule has 0 saturated carbocycles. The van der Waals surface area contributed by atoms with Crippen molar-refractivity contribution in [2.45, 2.75) is 32.1 Å². The van der Waals surface area contributed by atoms with E-state index in [2.05, 4.69) is 81.4 Å². The van der Waals surface area contributed by atoms with Crippen molar-refractivity contribution in [1.29, 1.82) is 5.26 Å². The van der Waals surface area contributed by atoms with E-state index in [1.165, 1.54) is 16.3 Å². The molecule has 0 aliphatic rings. The summed E-state index contributed by atoms with van der Waals surface area (Å²) >= 11 is 0. The molecule has 0 spiro atoms. The normalized spacial score (nSPS) is 15.5. The molecular weight excluding hydrogens is 268 g/mol. The van der Waals surface area contributed by atoms with Gasteiger partial charge in [0.25, 0.3) is 0 Å². The van der Waals surface area contributed by atoms with Crippen molar-refractivity contribution in [2.75, 3.05) is 20.6 Å². The molecule has 2 heteroatoms. The predicted molar refractivity (Wildman–Crippen MR) is 93.9 cm³/mol. The number of rotatable bonds is 6. The summed E-state index contributed by atoms with van der Waals surface area (Å²) in [5.41, 5.74) is 0.754. The Balaban J connectivity index is 2.63. The first-order valence-corrected chi connectivity index (χ1v) is 8.09. The van der Waals surface area contributed by atoms with Gasteiger partial charge in [-0.1, -0.05) is 62.7 Å². The van der Waals surface area contributed by atoms with Gasteiger partial charge in [0, 0.05) is 0 Å². The molecule has 0 N–H and O–H groups in total. The number of hydrogen-bond donors (Lipinski definition) is 0. The molecule has 2 aromatic carbocycles. The molecule has 0 bridgehead atoms. The standard InChI is InChI=1S/C20H26N2/c1-5-16(2)20(15-21,13-14-22(3)4)19-12-8-10-17-9-6-7-11-18(17)19/h6-12,16H,5,13-14H2,1-4H3/t16-,20-/m1/s1. The summed E-state index contributed by atoms with van der Waals surface area (Å²) in [5.74, 6) is 0.322. The number of nitrogens with zero attached hydrogens (tertiary/aromatic N) is 2. The van der Waals surface area contributed by atoms with E-state index in [0.717, 1.165) is 19.4 Å². The minimum absolute atomic E-state index is 0.322. The number of benzene rings is 2. The predicted octanol–water partition coefficient (Wildman–Crippen LogP) is 4.60. The third-order valence-corrected chi connectivity index (χ3v) is 4.88.